The van der Waals surface area contributed by atoms with Crippen molar-refractivity contribution in [2.75, 3.05) is 19.3 Å². The number of fused-ring (bicyclic) bond motifs is 1. The minimum absolute atomic E-state index is 0.426. The summed E-state index contributed by atoms with van der Waals surface area (Å²) in [6.07, 6.45) is 8.71. The molecule has 2 fully saturated rings. The van der Waals surface area contributed by atoms with E-state index in [2.05, 4.69) is 39.3 Å². The zero-order valence-electron chi connectivity index (χ0n) is 12.5. The molecule has 0 aromatic carbocycles. The molecule has 0 amide bonds. The summed E-state index contributed by atoms with van der Waals surface area (Å²) in [6, 6.07) is 4.10. The highest BCUT2D eigenvalue weighted by Crippen LogP contribution is 2.42. The van der Waals surface area contributed by atoms with Gasteiger partial charge < -0.3 is 0 Å². The molecule has 0 bridgehead atoms. The van der Waals surface area contributed by atoms with Crippen LogP contribution in [-0.2, 0) is 0 Å². The average molecular weight is 302 g/mol. The first-order valence-electron chi connectivity index (χ1n) is 7.99. The minimum atomic E-state index is 0.426. The van der Waals surface area contributed by atoms with Gasteiger partial charge in [-0.1, -0.05) is 0 Å². The zero-order valence-corrected chi connectivity index (χ0v) is 13.4. The number of nitrogens with zero attached hydrogens (tertiary/aromatic N) is 4. The predicted molar refractivity (Wildman–Crippen MR) is 87.5 cm³/mol. The molecule has 112 valence electrons. The van der Waals surface area contributed by atoms with E-state index in [1.54, 1.807) is 0 Å². The number of likely N-dealkylation sites (tertiary alicyclic amines) is 1. The van der Waals surface area contributed by atoms with Crippen LogP contribution in [0.5, 0.6) is 0 Å². The fourth-order valence-electron chi connectivity index (χ4n) is 3.63. The van der Waals surface area contributed by atoms with Crippen molar-refractivity contribution in [3.05, 3.63) is 24.2 Å². The lowest BCUT2D eigenvalue weighted by molar-refractivity contribution is 0.127. The van der Waals surface area contributed by atoms with Crippen molar-refractivity contribution in [2.24, 2.45) is 0 Å². The van der Waals surface area contributed by atoms with Gasteiger partial charge in [0.05, 0.1) is 11.4 Å². The molecule has 2 unspecified atom stereocenters. The van der Waals surface area contributed by atoms with Crippen LogP contribution in [-0.4, -0.2) is 38.8 Å². The van der Waals surface area contributed by atoms with Gasteiger partial charge in [0.25, 0.3) is 0 Å². The molecule has 5 heteroatoms. The number of imidazole rings is 1. The van der Waals surface area contributed by atoms with E-state index in [-0.39, 0.29) is 0 Å². The van der Waals surface area contributed by atoms with Gasteiger partial charge in [-0.25, -0.2) is 9.97 Å². The second-order valence-electron chi connectivity index (χ2n) is 6.14. The zero-order chi connectivity index (χ0) is 14.2. The second-order valence-corrected chi connectivity index (χ2v) is 7.46. The lowest BCUT2D eigenvalue weighted by Gasteiger charge is -2.35. The van der Waals surface area contributed by atoms with E-state index < -0.39 is 0 Å². The van der Waals surface area contributed by atoms with Crippen LogP contribution in [0.15, 0.2) is 18.3 Å². The highest BCUT2D eigenvalue weighted by molar-refractivity contribution is 7.99. The van der Waals surface area contributed by atoms with Crippen LogP contribution in [0.4, 0.5) is 0 Å². The van der Waals surface area contributed by atoms with Crippen LogP contribution in [0.2, 0.25) is 0 Å². The molecule has 2 aliphatic rings. The van der Waals surface area contributed by atoms with Gasteiger partial charge in [-0.2, -0.15) is 11.8 Å². The molecule has 4 heterocycles. The van der Waals surface area contributed by atoms with Gasteiger partial charge >= 0.3 is 0 Å². The number of hydrogen-bond acceptors (Lipinski definition) is 4. The van der Waals surface area contributed by atoms with Crippen molar-refractivity contribution in [3.8, 4) is 0 Å². The first kappa shape index (κ1) is 13.6. The van der Waals surface area contributed by atoms with E-state index in [0.717, 1.165) is 11.2 Å². The van der Waals surface area contributed by atoms with E-state index in [0.29, 0.717) is 11.4 Å². The molecule has 2 atom stereocenters. The summed E-state index contributed by atoms with van der Waals surface area (Å²) < 4.78 is 2.44. The molecular weight excluding hydrogens is 280 g/mol. The van der Waals surface area contributed by atoms with E-state index in [9.17, 15) is 0 Å². The highest BCUT2D eigenvalue weighted by atomic mass is 32.2. The summed E-state index contributed by atoms with van der Waals surface area (Å²) in [5, 5.41) is 0.550. The van der Waals surface area contributed by atoms with Gasteiger partial charge in [-0.15, -0.1) is 0 Å². The molecule has 2 aromatic rings. The Morgan fingerprint density at radius 3 is 3.00 bits per heavy atom. The van der Waals surface area contributed by atoms with Crippen LogP contribution < -0.4 is 0 Å². The SMILES string of the molecule is CN1CCCCC1n1c(C2CCCS2)nc2cccnc21. The van der Waals surface area contributed by atoms with Gasteiger partial charge in [-0.05, 0) is 63.6 Å². The molecule has 0 aliphatic carbocycles. The molecule has 4 rings (SSSR count). The lowest BCUT2D eigenvalue weighted by atomic mass is 10.1. The van der Waals surface area contributed by atoms with E-state index >= 15 is 0 Å². The largest absolute Gasteiger partial charge is 0.295 e. The first-order chi connectivity index (χ1) is 10.3. The summed E-state index contributed by atoms with van der Waals surface area (Å²) in [5.41, 5.74) is 2.12. The monoisotopic (exact) mass is 302 g/mol. The Morgan fingerprint density at radius 2 is 2.19 bits per heavy atom. The van der Waals surface area contributed by atoms with E-state index in [1.807, 2.05) is 12.3 Å². The third-order valence-corrected chi connectivity index (χ3v) is 6.10. The number of aromatic nitrogens is 3. The van der Waals surface area contributed by atoms with Crippen molar-refractivity contribution < 1.29 is 0 Å². The first-order valence-corrected chi connectivity index (χ1v) is 9.04. The van der Waals surface area contributed by atoms with Crippen LogP contribution in [0.1, 0.15) is 49.3 Å². The van der Waals surface area contributed by atoms with Crippen LogP contribution >= 0.6 is 11.8 Å². The summed E-state index contributed by atoms with van der Waals surface area (Å²) >= 11 is 2.06. The maximum Gasteiger partial charge on any atom is 0.161 e. The van der Waals surface area contributed by atoms with Gasteiger partial charge in [0.1, 0.15) is 11.3 Å². The number of rotatable bonds is 2. The molecule has 0 N–H and O–H groups in total. The molecular formula is C16H22N4S. The predicted octanol–water partition coefficient (Wildman–Crippen LogP) is 3.61. The van der Waals surface area contributed by atoms with Crippen molar-refractivity contribution in [2.45, 2.75) is 43.5 Å². The third kappa shape index (κ3) is 2.36. The Labute approximate surface area is 129 Å². The Hall–Kier alpha value is -1.07. The van der Waals surface area contributed by atoms with Gasteiger partial charge in [0, 0.05) is 6.20 Å². The topological polar surface area (TPSA) is 34.0 Å². The van der Waals surface area contributed by atoms with Gasteiger partial charge in [0.15, 0.2) is 5.65 Å². The lowest BCUT2D eigenvalue weighted by Crippen LogP contribution is -2.34. The number of thioether (sulfide) groups is 1. The van der Waals surface area contributed by atoms with Crippen LogP contribution in [0.25, 0.3) is 11.2 Å². The highest BCUT2D eigenvalue weighted by Gasteiger charge is 2.30. The fourth-order valence-corrected chi connectivity index (χ4v) is 4.90. The summed E-state index contributed by atoms with van der Waals surface area (Å²) in [4.78, 5) is 12.1. The van der Waals surface area contributed by atoms with Crippen molar-refractivity contribution in [1.29, 1.82) is 0 Å². The minimum Gasteiger partial charge on any atom is -0.295 e. The Morgan fingerprint density at radius 1 is 1.24 bits per heavy atom. The molecule has 0 radical (unpaired) electrons. The molecule has 0 saturated carbocycles. The molecule has 2 saturated heterocycles. The fraction of sp³-hybridized carbons (Fsp3) is 0.625. The van der Waals surface area contributed by atoms with Crippen molar-refractivity contribution >= 4 is 22.9 Å². The normalized spacial score (nSPS) is 27.5. The Bertz CT molecular complexity index is 632. The van der Waals surface area contributed by atoms with Crippen LogP contribution in [0.3, 0.4) is 0 Å². The van der Waals surface area contributed by atoms with Crippen LogP contribution in [0, 0.1) is 0 Å². The van der Waals surface area contributed by atoms with E-state index in [1.165, 1.54) is 50.2 Å². The van der Waals surface area contributed by atoms with E-state index in [4.69, 9.17) is 4.98 Å². The molecule has 21 heavy (non-hydrogen) atoms. The molecule has 4 nitrogen and oxygen atoms in total. The summed E-state index contributed by atoms with van der Waals surface area (Å²) in [7, 11) is 2.24. The number of pyridine rings is 1. The smallest absolute Gasteiger partial charge is 0.161 e. The third-order valence-electron chi connectivity index (χ3n) is 4.72. The maximum atomic E-state index is 4.96. The quantitative estimate of drug-likeness (QED) is 0.848. The molecule has 2 aromatic heterocycles. The summed E-state index contributed by atoms with van der Waals surface area (Å²) in [5.74, 6) is 2.52. The van der Waals surface area contributed by atoms with Gasteiger partial charge in [0.2, 0.25) is 0 Å². The number of hydrogen-bond donors (Lipinski definition) is 0. The number of piperidine rings is 1. The molecule has 2 aliphatic heterocycles. The second kappa shape index (κ2) is 5.61. The van der Waals surface area contributed by atoms with Gasteiger partial charge in [-0.3, -0.25) is 9.47 Å². The van der Waals surface area contributed by atoms with Crippen molar-refractivity contribution in [1.82, 2.24) is 19.4 Å². The standard InChI is InChI=1S/C16H22N4S/c1-19-10-3-2-8-14(19)20-15-12(6-4-9-17-15)18-16(20)13-7-5-11-21-13/h4,6,9,13-14H,2-3,5,7-8,10-11H2,1H3. The maximum absolute atomic E-state index is 4.96. The van der Waals surface area contributed by atoms with Crippen molar-refractivity contribution in [3.63, 3.8) is 0 Å². The average Bonchev–Trinajstić information content (AvgIpc) is 3.15. The Balaban J connectivity index is 1.85. The molecule has 0 spiro atoms. The summed E-state index contributed by atoms with van der Waals surface area (Å²) in [6.45, 7) is 1.18. The Kier molecular flexibility index (Phi) is 3.63.